The largest absolute Gasteiger partial charge is 0.483 e. The number of amides is 2. The lowest BCUT2D eigenvalue weighted by atomic mass is 10.0. The minimum Gasteiger partial charge on any atom is -0.483 e. The number of aryl methyl sites for hydroxylation is 2. The highest BCUT2D eigenvalue weighted by atomic mass is 35.5. The van der Waals surface area contributed by atoms with Crippen molar-refractivity contribution in [1.29, 1.82) is 0 Å². The first-order valence-corrected chi connectivity index (χ1v) is 8.46. The third kappa shape index (κ3) is 4.73. The Kier molecular flexibility index (Phi) is 6.42. The lowest BCUT2D eigenvalue weighted by Gasteiger charge is -2.15. The van der Waals surface area contributed by atoms with Crippen molar-refractivity contribution in [1.82, 2.24) is 0 Å². The molecule has 132 valence electrons. The molecule has 0 aliphatic rings. The molecule has 5 nitrogen and oxygen atoms in total. The molecule has 0 saturated heterocycles. The minimum absolute atomic E-state index is 0.142. The van der Waals surface area contributed by atoms with Crippen molar-refractivity contribution < 1.29 is 14.3 Å². The normalized spacial score (nSPS) is 10.4. The summed E-state index contributed by atoms with van der Waals surface area (Å²) in [4.78, 5) is 23.8. The first kappa shape index (κ1) is 18.8. The van der Waals surface area contributed by atoms with E-state index in [1.165, 1.54) is 12.1 Å². The lowest BCUT2D eigenvalue weighted by Crippen LogP contribution is -2.23. The number of ether oxygens (including phenoxy) is 1. The van der Waals surface area contributed by atoms with Crippen molar-refractivity contribution in [2.75, 3.05) is 11.9 Å². The highest BCUT2D eigenvalue weighted by Gasteiger charge is 2.14. The molecule has 0 aromatic heterocycles. The molecule has 0 fully saturated rings. The Morgan fingerprint density at radius 1 is 1.12 bits per heavy atom. The fourth-order valence-electron chi connectivity index (χ4n) is 2.54. The molecule has 3 N–H and O–H groups in total. The molecule has 0 unspecified atom stereocenters. The van der Waals surface area contributed by atoms with Crippen molar-refractivity contribution in [3.63, 3.8) is 0 Å². The van der Waals surface area contributed by atoms with Crippen LogP contribution in [-0.2, 0) is 17.6 Å². The fourth-order valence-corrected chi connectivity index (χ4v) is 2.71. The van der Waals surface area contributed by atoms with Crippen molar-refractivity contribution in [3.05, 3.63) is 58.1 Å². The van der Waals surface area contributed by atoms with E-state index >= 15 is 0 Å². The van der Waals surface area contributed by atoms with Crippen molar-refractivity contribution in [3.8, 4) is 5.75 Å². The Bertz CT molecular complexity index is 768. The highest BCUT2D eigenvalue weighted by Crippen LogP contribution is 2.24. The van der Waals surface area contributed by atoms with Crippen molar-refractivity contribution in [2.45, 2.75) is 26.7 Å². The van der Waals surface area contributed by atoms with Gasteiger partial charge in [0.2, 0.25) is 0 Å². The molecule has 2 amide bonds. The Hall–Kier alpha value is -2.53. The maximum Gasteiger partial charge on any atom is 0.262 e. The average Bonchev–Trinajstić information content (AvgIpc) is 2.60. The van der Waals surface area contributed by atoms with E-state index in [9.17, 15) is 9.59 Å². The number of carbonyl (C=O) groups is 2. The zero-order chi connectivity index (χ0) is 18.4. The van der Waals surface area contributed by atoms with Gasteiger partial charge in [0.05, 0.1) is 5.56 Å². The van der Waals surface area contributed by atoms with E-state index in [2.05, 4.69) is 5.32 Å². The topological polar surface area (TPSA) is 81.4 Å². The SMILES string of the molecule is CCc1cccc(CC)c1NC(=O)COc1ccc(Cl)cc1C(N)=O. The number of benzene rings is 2. The second-order valence-electron chi connectivity index (χ2n) is 5.50. The first-order chi connectivity index (χ1) is 12.0. The number of halogens is 1. The molecular weight excluding hydrogens is 340 g/mol. The lowest BCUT2D eigenvalue weighted by molar-refractivity contribution is -0.118. The number of hydrogen-bond donors (Lipinski definition) is 2. The molecular formula is C19H21ClN2O3. The Morgan fingerprint density at radius 3 is 2.32 bits per heavy atom. The molecule has 0 bridgehead atoms. The zero-order valence-electron chi connectivity index (χ0n) is 14.3. The number of primary amides is 1. The van der Waals surface area contributed by atoms with Gasteiger partial charge in [-0.25, -0.2) is 0 Å². The number of nitrogens with one attached hydrogen (secondary N) is 1. The molecule has 0 atom stereocenters. The molecule has 0 spiro atoms. The van der Waals surface area contributed by atoms with Crippen LogP contribution >= 0.6 is 11.6 Å². The second kappa shape index (κ2) is 8.53. The molecule has 0 aliphatic carbocycles. The number of rotatable bonds is 7. The molecule has 0 saturated carbocycles. The van der Waals surface area contributed by atoms with Crippen LogP contribution in [0.4, 0.5) is 5.69 Å². The highest BCUT2D eigenvalue weighted by molar-refractivity contribution is 6.31. The van der Waals surface area contributed by atoms with E-state index in [-0.39, 0.29) is 23.8 Å². The van der Waals surface area contributed by atoms with Gasteiger partial charge in [0.15, 0.2) is 6.61 Å². The average molecular weight is 361 g/mol. The second-order valence-corrected chi connectivity index (χ2v) is 5.94. The van der Waals surface area contributed by atoms with Crippen LogP contribution in [0.1, 0.15) is 35.3 Å². The van der Waals surface area contributed by atoms with Crippen molar-refractivity contribution in [2.24, 2.45) is 5.73 Å². The van der Waals surface area contributed by atoms with E-state index in [1.54, 1.807) is 6.07 Å². The Balaban J connectivity index is 2.11. The van der Waals surface area contributed by atoms with Gasteiger partial charge in [0, 0.05) is 10.7 Å². The van der Waals surface area contributed by atoms with Crippen LogP contribution in [0.2, 0.25) is 5.02 Å². The quantitative estimate of drug-likeness (QED) is 0.791. The third-order valence-corrected chi connectivity index (χ3v) is 4.06. The molecule has 6 heteroatoms. The number of para-hydroxylation sites is 1. The predicted molar refractivity (Wildman–Crippen MR) is 99.3 cm³/mol. The molecule has 0 aliphatic heterocycles. The van der Waals surface area contributed by atoms with Crippen LogP contribution in [0.5, 0.6) is 5.75 Å². The predicted octanol–water partition coefficient (Wildman–Crippen LogP) is 3.58. The maximum atomic E-state index is 12.3. The summed E-state index contributed by atoms with van der Waals surface area (Å²) in [5, 5.41) is 3.28. The Labute approximate surface area is 152 Å². The molecule has 0 radical (unpaired) electrons. The van der Waals surface area contributed by atoms with Gasteiger partial charge in [0.1, 0.15) is 5.75 Å². The number of carbonyl (C=O) groups excluding carboxylic acids is 2. The number of hydrogen-bond acceptors (Lipinski definition) is 3. The van der Waals surface area contributed by atoms with Gasteiger partial charge in [0.25, 0.3) is 11.8 Å². The molecule has 2 rings (SSSR count). The summed E-state index contributed by atoms with van der Waals surface area (Å²) in [6.45, 7) is 3.84. The summed E-state index contributed by atoms with van der Waals surface area (Å²) < 4.78 is 5.46. The van der Waals surface area contributed by atoms with Gasteiger partial charge in [-0.3, -0.25) is 9.59 Å². The molecule has 0 heterocycles. The number of anilines is 1. The fraction of sp³-hybridized carbons (Fsp3) is 0.263. The smallest absolute Gasteiger partial charge is 0.262 e. The summed E-state index contributed by atoms with van der Waals surface area (Å²) in [7, 11) is 0. The molecule has 2 aromatic carbocycles. The summed E-state index contributed by atoms with van der Waals surface area (Å²) in [5.74, 6) is -0.741. The minimum atomic E-state index is -0.664. The Morgan fingerprint density at radius 2 is 1.76 bits per heavy atom. The summed E-state index contributed by atoms with van der Waals surface area (Å²) >= 11 is 5.86. The van der Waals surface area contributed by atoms with Gasteiger partial charge in [-0.05, 0) is 42.2 Å². The van der Waals surface area contributed by atoms with E-state index in [4.69, 9.17) is 22.1 Å². The van der Waals surface area contributed by atoms with Crippen LogP contribution in [-0.4, -0.2) is 18.4 Å². The van der Waals surface area contributed by atoms with Crippen LogP contribution in [0.3, 0.4) is 0 Å². The standard InChI is InChI=1S/C19H21ClN2O3/c1-3-12-6-5-7-13(4-2)18(12)22-17(23)11-25-16-9-8-14(20)10-15(16)19(21)24/h5-10H,3-4,11H2,1-2H3,(H2,21,24)(H,22,23). The number of nitrogens with two attached hydrogens (primary N) is 1. The van der Waals surface area contributed by atoms with Crippen LogP contribution in [0.15, 0.2) is 36.4 Å². The van der Waals surface area contributed by atoms with Gasteiger partial charge < -0.3 is 15.8 Å². The van der Waals surface area contributed by atoms with Gasteiger partial charge in [-0.1, -0.05) is 43.6 Å². The van der Waals surface area contributed by atoms with E-state index in [0.717, 1.165) is 29.7 Å². The van der Waals surface area contributed by atoms with Gasteiger partial charge >= 0.3 is 0 Å². The maximum absolute atomic E-state index is 12.3. The van der Waals surface area contributed by atoms with Crippen LogP contribution in [0, 0.1) is 0 Å². The van der Waals surface area contributed by atoms with Crippen LogP contribution < -0.4 is 15.8 Å². The van der Waals surface area contributed by atoms with E-state index < -0.39 is 5.91 Å². The zero-order valence-corrected chi connectivity index (χ0v) is 15.0. The molecule has 2 aromatic rings. The monoisotopic (exact) mass is 360 g/mol. The third-order valence-electron chi connectivity index (χ3n) is 3.83. The van der Waals surface area contributed by atoms with E-state index in [1.807, 2.05) is 32.0 Å². The summed E-state index contributed by atoms with van der Waals surface area (Å²) in [5.41, 5.74) is 8.41. The van der Waals surface area contributed by atoms with Gasteiger partial charge in [-0.15, -0.1) is 0 Å². The summed E-state index contributed by atoms with van der Waals surface area (Å²) in [6, 6.07) is 10.5. The summed E-state index contributed by atoms with van der Waals surface area (Å²) in [6.07, 6.45) is 1.63. The van der Waals surface area contributed by atoms with Crippen molar-refractivity contribution >= 4 is 29.1 Å². The van der Waals surface area contributed by atoms with Crippen LogP contribution in [0.25, 0.3) is 0 Å². The van der Waals surface area contributed by atoms with Gasteiger partial charge in [-0.2, -0.15) is 0 Å². The van der Waals surface area contributed by atoms with E-state index in [0.29, 0.717) is 5.02 Å². The molecule has 25 heavy (non-hydrogen) atoms. The first-order valence-electron chi connectivity index (χ1n) is 8.09.